The summed E-state index contributed by atoms with van der Waals surface area (Å²) in [6, 6.07) is 13.6. The summed E-state index contributed by atoms with van der Waals surface area (Å²) in [4.78, 5) is 0.410. The first kappa shape index (κ1) is 38.5. The fraction of sp³-hybridized carbons (Fsp3) is 0.647. The molecule has 2 aromatic carbocycles. The molecular weight excluding hydrogens is 629 g/mol. The maximum Gasteiger partial charge on any atom is 0.243 e. The van der Waals surface area contributed by atoms with Crippen molar-refractivity contribution < 1.29 is 35.8 Å². The van der Waals surface area contributed by atoms with Gasteiger partial charge in [-0.15, -0.1) is 0 Å². The number of ether oxygens (including phenoxy) is 4. The minimum atomic E-state index is -3.84. The van der Waals surface area contributed by atoms with Gasteiger partial charge in [-0.2, -0.15) is 8.61 Å². The number of hydrogen-bond donors (Lipinski definition) is 0. The van der Waals surface area contributed by atoms with Gasteiger partial charge in [0.25, 0.3) is 0 Å². The second-order valence-electron chi connectivity index (χ2n) is 13.9. The fourth-order valence-corrected chi connectivity index (χ4v) is 7.54. The van der Waals surface area contributed by atoms with Gasteiger partial charge in [-0.05, 0) is 93.5 Å². The monoisotopic (exact) mass is 682 g/mol. The van der Waals surface area contributed by atoms with E-state index in [1.54, 1.807) is 48.5 Å². The van der Waals surface area contributed by atoms with Gasteiger partial charge >= 0.3 is 0 Å². The lowest BCUT2D eigenvalue weighted by Gasteiger charge is -2.43. The van der Waals surface area contributed by atoms with Gasteiger partial charge in [0.2, 0.25) is 20.0 Å². The van der Waals surface area contributed by atoms with Gasteiger partial charge < -0.3 is 18.9 Å². The molecule has 0 amide bonds. The lowest BCUT2D eigenvalue weighted by Crippen LogP contribution is -2.53. The summed E-state index contributed by atoms with van der Waals surface area (Å²) in [7, 11) is -7.67. The molecule has 0 saturated carbocycles. The normalized spacial score (nSPS) is 22.8. The third kappa shape index (κ3) is 9.16. The largest absolute Gasteiger partial charge is 0.371 e. The number of rotatable bonds is 4. The van der Waals surface area contributed by atoms with Crippen LogP contribution in [-0.4, -0.2) is 100 Å². The molecule has 3 rings (SSSR count). The first-order valence-corrected chi connectivity index (χ1v) is 18.7. The van der Waals surface area contributed by atoms with Crippen LogP contribution in [0.2, 0.25) is 0 Å². The van der Waals surface area contributed by atoms with E-state index in [1.165, 1.54) is 8.61 Å². The number of hydrogen-bond acceptors (Lipinski definition) is 8. The van der Waals surface area contributed by atoms with Gasteiger partial charge in [-0.25, -0.2) is 16.8 Å². The Labute approximate surface area is 277 Å². The highest BCUT2D eigenvalue weighted by Crippen LogP contribution is 2.31. The molecule has 2 aromatic rings. The van der Waals surface area contributed by atoms with E-state index >= 15 is 0 Å². The zero-order chi connectivity index (χ0) is 34.6. The molecule has 1 heterocycles. The maximum atomic E-state index is 13.7. The minimum absolute atomic E-state index is 0.0992. The summed E-state index contributed by atoms with van der Waals surface area (Å²) in [5.41, 5.74) is -1.44. The summed E-state index contributed by atoms with van der Waals surface area (Å²) in [6.07, 6.45) is 0. The highest BCUT2D eigenvalue weighted by molar-refractivity contribution is 7.89. The third-order valence-corrected chi connectivity index (χ3v) is 13.3. The second-order valence-corrected chi connectivity index (χ2v) is 17.7. The first-order chi connectivity index (χ1) is 21.1. The molecule has 12 heteroatoms. The lowest BCUT2D eigenvalue weighted by atomic mass is 9.89. The second kappa shape index (κ2) is 14.7. The molecule has 260 valence electrons. The van der Waals surface area contributed by atoms with E-state index in [1.807, 2.05) is 69.2 Å². The zero-order valence-electron chi connectivity index (χ0n) is 29.3. The lowest BCUT2D eigenvalue weighted by molar-refractivity contribution is -0.184. The number of sulfonamides is 2. The van der Waals surface area contributed by atoms with Crippen molar-refractivity contribution in [2.75, 3.05) is 52.6 Å². The molecule has 10 nitrogen and oxygen atoms in total. The molecule has 0 unspecified atom stereocenters. The molecule has 0 aromatic heterocycles. The molecule has 1 aliphatic rings. The van der Waals surface area contributed by atoms with Crippen molar-refractivity contribution in [3.05, 3.63) is 59.7 Å². The van der Waals surface area contributed by atoms with Crippen molar-refractivity contribution in [1.29, 1.82) is 0 Å². The highest BCUT2D eigenvalue weighted by Gasteiger charge is 2.42. The minimum Gasteiger partial charge on any atom is -0.371 e. The van der Waals surface area contributed by atoms with E-state index in [0.29, 0.717) is 0 Å². The van der Waals surface area contributed by atoms with E-state index in [4.69, 9.17) is 18.9 Å². The fourth-order valence-electron chi connectivity index (χ4n) is 4.73. The van der Waals surface area contributed by atoms with Gasteiger partial charge in [0.05, 0.1) is 58.6 Å². The van der Waals surface area contributed by atoms with Gasteiger partial charge in [0, 0.05) is 26.2 Å². The Bertz CT molecular complexity index is 1350. The van der Waals surface area contributed by atoms with Crippen LogP contribution in [0.3, 0.4) is 0 Å². The topological polar surface area (TPSA) is 112 Å². The Kier molecular flexibility index (Phi) is 12.3. The van der Waals surface area contributed by atoms with Crippen LogP contribution < -0.4 is 0 Å². The van der Waals surface area contributed by atoms with Crippen molar-refractivity contribution in [3.8, 4) is 0 Å². The Morgan fingerprint density at radius 2 is 0.674 bits per heavy atom. The summed E-state index contributed by atoms with van der Waals surface area (Å²) in [5, 5.41) is 0. The van der Waals surface area contributed by atoms with E-state index in [9.17, 15) is 16.8 Å². The van der Waals surface area contributed by atoms with E-state index in [0.717, 1.165) is 11.1 Å². The predicted molar refractivity (Wildman–Crippen MR) is 180 cm³/mol. The van der Waals surface area contributed by atoms with Crippen LogP contribution in [0.1, 0.15) is 66.5 Å². The highest BCUT2D eigenvalue weighted by atomic mass is 32.2. The van der Waals surface area contributed by atoms with E-state index in [2.05, 4.69) is 0 Å². The Morgan fingerprint density at radius 1 is 0.457 bits per heavy atom. The standard InChI is InChI=1S/C34H54N2O8S2/c1-27-11-15-29(16-12-27)45(37,38)35-19-23-41-31(3,4)33(7,8)43-25-21-36(46(39,40)30-17-13-28(2)14-18-30)22-26-44-34(9,10)32(5,6)42-24-20-35/h11-18H,19-26H2,1-10H3. The molecule has 1 aliphatic heterocycles. The van der Waals surface area contributed by atoms with Crippen LogP contribution in [0, 0.1) is 13.8 Å². The summed E-state index contributed by atoms with van der Waals surface area (Å²) < 4.78 is 82.9. The first-order valence-electron chi connectivity index (χ1n) is 15.8. The van der Waals surface area contributed by atoms with Crippen LogP contribution in [0.5, 0.6) is 0 Å². The van der Waals surface area contributed by atoms with Gasteiger partial charge in [0.15, 0.2) is 0 Å². The molecule has 46 heavy (non-hydrogen) atoms. The average Bonchev–Trinajstić information content (AvgIpc) is 2.95. The molecule has 0 atom stereocenters. The predicted octanol–water partition coefficient (Wildman–Crippen LogP) is 5.18. The van der Waals surface area contributed by atoms with Gasteiger partial charge in [-0.3, -0.25) is 0 Å². The van der Waals surface area contributed by atoms with Crippen LogP contribution in [0.25, 0.3) is 0 Å². The van der Waals surface area contributed by atoms with Gasteiger partial charge in [0.1, 0.15) is 0 Å². The number of nitrogens with zero attached hydrogens (tertiary/aromatic N) is 2. The summed E-state index contributed by atoms with van der Waals surface area (Å²) in [5.74, 6) is 0. The van der Waals surface area contributed by atoms with Crippen molar-refractivity contribution in [2.24, 2.45) is 0 Å². The molecule has 0 N–H and O–H groups in total. The number of aryl methyl sites for hydroxylation is 2. The van der Waals surface area contributed by atoms with Crippen molar-refractivity contribution in [3.63, 3.8) is 0 Å². The maximum absolute atomic E-state index is 13.7. The quantitative estimate of drug-likeness (QED) is 0.434. The Hall–Kier alpha value is -1.90. The SMILES string of the molecule is Cc1ccc(S(=O)(=O)N2CCOC(C)(C)C(C)(C)OCCN(S(=O)(=O)c3ccc(C)cc3)CCOC(C)(C)C(C)(C)OCC2)cc1. The molecule has 0 spiro atoms. The molecule has 0 aliphatic carbocycles. The van der Waals surface area contributed by atoms with Crippen LogP contribution in [0.15, 0.2) is 58.3 Å². The van der Waals surface area contributed by atoms with Crippen LogP contribution >= 0.6 is 0 Å². The molecule has 0 radical (unpaired) electrons. The molecule has 1 saturated heterocycles. The Morgan fingerprint density at radius 3 is 0.891 bits per heavy atom. The van der Waals surface area contributed by atoms with Crippen LogP contribution in [-0.2, 0) is 39.0 Å². The van der Waals surface area contributed by atoms with Crippen molar-refractivity contribution >= 4 is 20.0 Å². The smallest absolute Gasteiger partial charge is 0.243 e. The summed E-state index contributed by atoms with van der Waals surface area (Å²) >= 11 is 0. The average molecular weight is 683 g/mol. The van der Waals surface area contributed by atoms with E-state index in [-0.39, 0.29) is 62.4 Å². The third-order valence-electron chi connectivity index (χ3n) is 9.43. The Balaban J connectivity index is 1.91. The molecule has 1 fully saturated rings. The van der Waals surface area contributed by atoms with Crippen molar-refractivity contribution in [2.45, 2.75) is 101 Å². The van der Waals surface area contributed by atoms with Gasteiger partial charge in [-0.1, -0.05) is 35.4 Å². The summed E-state index contributed by atoms with van der Waals surface area (Å²) in [6.45, 7) is 19.7. The van der Waals surface area contributed by atoms with E-state index < -0.39 is 42.5 Å². The number of benzene rings is 2. The molecular formula is C34H54N2O8S2. The zero-order valence-corrected chi connectivity index (χ0v) is 30.9. The molecule has 0 bridgehead atoms. The van der Waals surface area contributed by atoms with Crippen LogP contribution in [0.4, 0.5) is 0 Å². The van der Waals surface area contributed by atoms with Crippen molar-refractivity contribution in [1.82, 2.24) is 8.61 Å².